The predicted octanol–water partition coefficient (Wildman–Crippen LogP) is 1.28. The highest BCUT2D eigenvalue weighted by Crippen LogP contribution is 2.35. The highest BCUT2D eigenvalue weighted by atomic mass is 16.4. The van der Waals surface area contributed by atoms with Gasteiger partial charge in [-0.2, -0.15) is 0 Å². The van der Waals surface area contributed by atoms with Crippen LogP contribution in [0.4, 0.5) is 0 Å². The molecule has 1 fully saturated rings. The summed E-state index contributed by atoms with van der Waals surface area (Å²) in [6.45, 7) is 2.42. The van der Waals surface area contributed by atoms with Crippen LogP contribution in [0.2, 0.25) is 0 Å². The number of hydrogen-bond acceptors (Lipinski definition) is 3. The molecular weight excluding hydrogens is 246 g/mol. The van der Waals surface area contributed by atoms with E-state index in [4.69, 9.17) is 0 Å². The molecule has 1 aromatic heterocycles. The number of aliphatic carboxylic acids is 1. The lowest BCUT2D eigenvalue weighted by atomic mass is 9.90. The fourth-order valence-corrected chi connectivity index (χ4v) is 2.84. The van der Waals surface area contributed by atoms with Crippen LogP contribution >= 0.6 is 0 Å². The molecule has 0 bridgehead atoms. The van der Waals surface area contributed by atoms with E-state index in [1.54, 1.807) is 24.1 Å². The molecule has 1 aliphatic heterocycles. The Labute approximate surface area is 112 Å². The Morgan fingerprint density at radius 2 is 2.26 bits per heavy atom. The minimum absolute atomic E-state index is 0.283. The van der Waals surface area contributed by atoms with Crippen LogP contribution in [-0.4, -0.2) is 43.5 Å². The summed E-state index contributed by atoms with van der Waals surface area (Å²) in [6, 6.07) is 0. The van der Waals surface area contributed by atoms with Crippen molar-refractivity contribution in [1.82, 2.24) is 14.5 Å². The lowest BCUT2D eigenvalue weighted by Crippen LogP contribution is -2.53. The molecule has 0 aliphatic carbocycles. The van der Waals surface area contributed by atoms with Crippen molar-refractivity contribution in [2.45, 2.75) is 38.1 Å². The number of aromatic nitrogens is 2. The molecule has 1 atom stereocenters. The zero-order valence-electron chi connectivity index (χ0n) is 11.3. The summed E-state index contributed by atoms with van der Waals surface area (Å²) in [5.41, 5.74) is -0.741. The second-order valence-electron chi connectivity index (χ2n) is 5.07. The standard InChI is InChI=1S/C13H19N3O3/c1-3-5-13(12(18)19)6-4-7-16(13)11(17)10-8-15(2)9-14-10/h8-9H,3-7H2,1-2H3,(H,18,19). The summed E-state index contributed by atoms with van der Waals surface area (Å²) in [5, 5.41) is 9.55. The fraction of sp³-hybridized carbons (Fsp3) is 0.615. The van der Waals surface area contributed by atoms with E-state index in [0.29, 0.717) is 25.1 Å². The largest absolute Gasteiger partial charge is 0.479 e. The van der Waals surface area contributed by atoms with E-state index in [2.05, 4.69) is 4.98 Å². The van der Waals surface area contributed by atoms with E-state index in [1.807, 2.05) is 6.92 Å². The van der Waals surface area contributed by atoms with Crippen molar-refractivity contribution >= 4 is 11.9 Å². The summed E-state index contributed by atoms with van der Waals surface area (Å²) < 4.78 is 1.69. The summed E-state index contributed by atoms with van der Waals surface area (Å²) in [6.07, 6.45) is 5.64. The van der Waals surface area contributed by atoms with Gasteiger partial charge >= 0.3 is 5.97 Å². The van der Waals surface area contributed by atoms with Crippen molar-refractivity contribution in [1.29, 1.82) is 0 Å². The molecule has 1 N–H and O–H groups in total. The van der Waals surface area contributed by atoms with Crippen molar-refractivity contribution < 1.29 is 14.7 Å². The average molecular weight is 265 g/mol. The number of carbonyl (C=O) groups is 2. The molecule has 1 saturated heterocycles. The molecule has 19 heavy (non-hydrogen) atoms. The maximum absolute atomic E-state index is 12.4. The van der Waals surface area contributed by atoms with Crippen LogP contribution in [0.25, 0.3) is 0 Å². The maximum Gasteiger partial charge on any atom is 0.329 e. The number of imidazole rings is 1. The van der Waals surface area contributed by atoms with Gasteiger partial charge in [0.1, 0.15) is 11.2 Å². The number of likely N-dealkylation sites (tertiary alicyclic amines) is 1. The Kier molecular flexibility index (Phi) is 3.59. The predicted molar refractivity (Wildman–Crippen MR) is 68.8 cm³/mol. The van der Waals surface area contributed by atoms with Gasteiger partial charge in [0.2, 0.25) is 0 Å². The van der Waals surface area contributed by atoms with Crippen LogP contribution in [0, 0.1) is 0 Å². The van der Waals surface area contributed by atoms with Gasteiger partial charge in [-0.25, -0.2) is 9.78 Å². The molecule has 0 aromatic carbocycles. The number of carboxylic acid groups (broad SMARTS) is 1. The molecule has 1 aromatic rings. The first-order chi connectivity index (χ1) is 9.01. The average Bonchev–Trinajstić information content (AvgIpc) is 2.96. The van der Waals surface area contributed by atoms with E-state index in [9.17, 15) is 14.7 Å². The van der Waals surface area contributed by atoms with Crippen molar-refractivity contribution in [3.8, 4) is 0 Å². The number of carboxylic acids is 1. The highest BCUT2D eigenvalue weighted by Gasteiger charge is 2.49. The molecule has 2 rings (SSSR count). The van der Waals surface area contributed by atoms with Gasteiger partial charge in [-0.05, 0) is 19.3 Å². The van der Waals surface area contributed by atoms with Gasteiger partial charge in [-0.15, -0.1) is 0 Å². The number of hydrogen-bond donors (Lipinski definition) is 1. The zero-order chi connectivity index (χ0) is 14.0. The highest BCUT2D eigenvalue weighted by molar-refractivity contribution is 5.96. The first-order valence-corrected chi connectivity index (χ1v) is 6.54. The van der Waals surface area contributed by atoms with Gasteiger partial charge in [-0.3, -0.25) is 4.79 Å². The molecule has 1 unspecified atom stereocenters. The first kappa shape index (κ1) is 13.6. The normalized spacial score (nSPS) is 22.7. The Morgan fingerprint density at radius 1 is 1.53 bits per heavy atom. The van der Waals surface area contributed by atoms with Crippen molar-refractivity contribution in [3.05, 3.63) is 18.2 Å². The van der Waals surface area contributed by atoms with Crippen LogP contribution in [0.1, 0.15) is 43.1 Å². The smallest absolute Gasteiger partial charge is 0.329 e. The SMILES string of the molecule is CCCC1(C(=O)O)CCCN1C(=O)c1cn(C)cn1. The monoisotopic (exact) mass is 265 g/mol. The lowest BCUT2D eigenvalue weighted by Gasteiger charge is -2.34. The molecule has 1 aliphatic rings. The fourth-order valence-electron chi connectivity index (χ4n) is 2.84. The van der Waals surface area contributed by atoms with E-state index >= 15 is 0 Å². The molecule has 2 heterocycles. The molecule has 6 heteroatoms. The second-order valence-corrected chi connectivity index (χ2v) is 5.07. The van der Waals surface area contributed by atoms with E-state index in [1.165, 1.54) is 4.90 Å². The topological polar surface area (TPSA) is 75.4 Å². The van der Waals surface area contributed by atoms with Crippen LogP contribution in [0.5, 0.6) is 0 Å². The van der Waals surface area contributed by atoms with Crippen molar-refractivity contribution in [3.63, 3.8) is 0 Å². The third kappa shape index (κ3) is 2.22. The van der Waals surface area contributed by atoms with Gasteiger partial charge in [0, 0.05) is 19.8 Å². The molecule has 0 saturated carbocycles. The second kappa shape index (κ2) is 5.03. The third-order valence-corrected chi connectivity index (χ3v) is 3.72. The number of aryl methyl sites for hydroxylation is 1. The first-order valence-electron chi connectivity index (χ1n) is 6.54. The lowest BCUT2D eigenvalue weighted by molar-refractivity contribution is -0.148. The van der Waals surface area contributed by atoms with Crippen LogP contribution in [0.3, 0.4) is 0 Å². The number of amides is 1. The Bertz CT molecular complexity index is 497. The van der Waals surface area contributed by atoms with Crippen LogP contribution < -0.4 is 0 Å². The van der Waals surface area contributed by atoms with Gasteiger partial charge < -0.3 is 14.6 Å². The quantitative estimate of drug-likeness (QED) is 0.889. The Morgan fingerprint density at radius 3 is 2.79 bits per heavy atom. The summed E-state index contributed by atoms with van der Waals surface area (Å²) in [7, 11) is 1.78. The molecule has 0 spiro atoms. The Hall–Kier alpha value is -1.85. The maximum atomic E-state index is 12.4. The number of carbonyl (C=O) groups excluding carboxylic acids is 1. The zero-order valence-corrected chi connectivity index (χ0v) is 11.3. The van der Waals surface area contributed by atoms with Crippen molar-refractivity contribution in [2.75, 3.05) is 6.54 Å². The summed E-state index contributed by atoms with van der Waals surface area (Å²) in [5.74, 6) is -1.19. The van der Waals surface area contributed by atoms with Gasteiger partial charge in [0.25, 0.3) is 5.91 Å². The summed E-state index contributed by atoms with van der Waals surface area (Å²) >= 11 is 0. The molecule has 104 valence electrons. The number of nitrogens with zero attached hydrogens (tertiary/aromatic N) is 3. The third-order valence-electron chi connectivity index (χ3n) is 3.72. The van der Waals surface area contributed by atoms with Gasteiger partial charge in [0.05, 0.1) is 6.33 Å². The van der Waals surface area contributed by atoms with Crippen molar-refractivity contribution in [2.24, 2.45) is 7.05 Å². The van der Waals surface area contributed by atoms with E-state index in [-0.39, 0.29) is 5.91 Å². The molecule has 0 radical (unpaired) electrons. The van der Waals surface area contributed by atoms with Crippen LogP contribution in [0.15, 0.2) is 12.5 Å². The molecular formula is C13H19N3O3. The van der Waals surface area contributed by atoms with E-state index in [0.717, 1.165) is 12.8 Å². The molecule has 1 amide bonds. The Balaban J connectivity index is 2.31. The van der Waals surface area contributed by atoms with Crippen LogP contribution in [-0.2, 0) is 11.8 Å². The minimum atomic E-state index is -1.05. The van der Waals surface area contributed by atoms with Gasteiger partial charge in [-0.1, -0.05) is 13.3 Å². The minimum Gasteiger partial charge on any atom is -0.479 e. The number of rotatable bonds is 4. The summed E-state index contributed by atoms with van der Waals surface area (Å²) in [4.78, 5) is 29.6. The van der Waals surface area contributed by atoms with Gasteiger partial charge in [0.15, 0.2) is 0 Å². The van der Waals surface area contributed by atoms with E-state index < -0.39 is 11.5 Å². The molecule has 6 nitrogen and oxygen atoms in total.